The second kappa shape index (κ2) is 7.02. The maximum Gasteiger partial charge on any atom is 0.250 e. The molecule has 0 aliphatic carbocycles. The van der Waals surface area contributed by atoms with Crippen molar-refractivity contribution in [1.82, 2.24) is 15.2 Å². The number of rotatable bonds is 4. The summed E-state index contributed by atoms with van der Waals surface area (Å²) in [5.74, 6) is -2.05. The highest BCUT2D eigenvalue weighted by molar-refractivity contribution is 6.15. The van der Waals surface area contributed by atoms with Crippen LogP contribution in [0.2, 0.25) is 0 Å². The smallest absolute Gasteiger partial charge is 0.250 e. The van der Waals surface area contributed by atoms with Crippen molar-refractivity contribution in [1.29, 1.82) is 0 Å². The van der Waals surface area contributed by atoms with Crippen LogP contribution in [0.3, 0.4) is 0 Å². The minimum atomic E-state index is -1.24. The maximum atomic E-state index is 13.8. The first-order valence-corrected chi connectivity index (χ1v) is 11.6. The molecule has 2 aromatic carbocycles. The van der Waals surface area contributed by atoms with Crippen molar-refractivity contribution in [3.8, 4) is 0 Å². The number of likely N-dealkylation sites (tertiary alicyclic amines) is 1. The van der Waals surface area contributed by atoms with Crippen LogP contribution >= 0.6 is 0 Å². The number of para-hydroxylation sites is 2. The summed E-state index contributed by atoms with van der Waals surface area (Å²) in [6.45, 7) is 3.86. The van der Waals surface area contributed by atoms with Crippen LogP contribution in [-0.2, 0) is 26.3 Å². The quantitative estimate of drug-likeness (QED) is 0.542. The zero-order valence-electron chi connectivity index (χ0n) is 18.6. The Kier molecular flexibility index (Phi) is 4.29. The normalized spacial score (nSPS) is 29.1. The maximum absolute atomic E-state index is 13.8. The number of carbonyl (C=O) groups excluding carboxylic acids is 3. The molecule has 2 fully saturated rings. The summed E-state index contributed by atoms with van der Waals surface area (Å²) in [4.78, 5) is 45.6. The number of H-pyrrole nitrogens is 1. The predicted octanol–water partition coefficient (Wildman–Crippen LogP) is 2.93. The number of nitrogens with one attached hydrogen (secondary N) is 3. The lowest BCUT2D eigenvalue weighted by Gasteiger charge is -2.31. The Bertz CT molecular complexity index is 1310. The molecule has 2 saturated heterocycles. The van der Waals surface area contributed by atoms with Crippen LogP contribution in [0.25, 0.3) is 10.9 Å². The SMILES string of the molecule is CC[C@@H](C)N1C(=O)[C@H]2[C@@H](C1=O)[C@@]1(N[C@@H]2Cc2c[nH]c3ccccc23)C(=O)Nc2ccccc21. The van der Waals surface area contributed by atoms with Crippen molar-refractivity contribution < 1.29 is 14.4 Å². The van der Waals surface area contributed by atoms with Gasteiger partial charge in [-0.25, -0.2) is 0 Å². The van der Waals surface area contributed by atoms with Gasteiger partial charge in [0, 0.05) is 40.4 Å². The number of anilines is 1. The van der Waals surface area contributed by atoms with Crippen LogP contribution in [0, 0.1) is 11.8 Å². The monoisotopic (exact) mass is 442 g/mol. The molecule has 1 aromatic heterocycles. The van der Waals surface area contributed by atoms with E-state index >= 15 is 0 Å². The van der Waals surface area contributed by atoms with Crippen molar-refractivity contribution in [2.45, 2.75) is 44.3 Å². The average Bonchev–Trinajstić information content (AvgIpc) is 3.53. The van der Waals surface area contributed by atoms with Crippen LogP contribution in [0.4, 0.5) is 5.69 Å². The zero-order valence-corrected chi connectivity index (χ0v) is 18.6. The van der Waals surface area contributed by atoms with Gasteiger partial charge in [-0.1, -0.05) is 43.3 Å². The van der Waals surface area contributed by atoms with Gasteiger partial charge in [0.05, 0.1) is 11.8 Å². The zero-order chi connectivity index (χ0) is 22.9. The summed E-state index contributed by atoms with van der Waals surface area (Å²) in [6, 6.07) is 14.9. The number of benzene rings is 2. The molecule has 1 spiro atoms. The van der Waals surface area contributed by atoms with Gasteiger partial charge in [-0.15, -0.1) is 0 Å². The first kappa shape index (κ1) is 20.2. The molecule has 3 aliphatic heterocycles. The second-order valence-corrected chi connectivity index (χ2v) is 9.43. The number of nitrogens with zero attached hydrogens (tertiary/aromatic N) is 1. The fraction of sp³-hybridized carbons (Fsp3) is 0.346. The molecule has 6 rings (SSSR count). The molecule has 3 N–H and O–H groups in total. The minimum absolute atomic E-state index is 0.175. The number of hydrogen-bond acceptors (Lipinski definition) is 4. The number of hydrogen-bond donors (Lipinski definition) is 3. The van der Waals surface area contributed by atoms with Crippen molar-refractivity contribution >= 4 is 34.3 Å². The number of aromatic nitrogens is 1. The van der Waals surface area contributed by atoms with Crippen molar-refractivity contribution in [3.05, 3.63) is 65.9 Å². The summed E-state index contributed by atoms with van der Waals surface area (Å²) in [5, 5.41) is 7.56. The molecule has 7 heteroatoms. The van der Waals surface area contributed by atoms with E-state index in [1.54, 1.807) is 0 Å². The van der Waals surface area contributed by atoms with Gasteiger partial charge >= 0.3 is 0 Å². The second-order valence-electron chi connectivity index (χ2n) is 9.43. The first-order chi connectivity index (χ1) is 16.0. The molecule has 3 aromatic rings. The van der Waals surface area contributed by atoms with Crippen molar-refractivity contribution in [2.24, 2.45) is 11.8 Å². The molecule has 0 bridgehead atoms. The summed E-state index contributed by atoms with van der Waals surface area (Å²) >= 11 is 0. The van der Waals surface area contributed by atoms with E-state index in [2.05, 4.69) is 15.6 Å². The van der Waals surface area contributed by atoms with E-state index in [1.165, 1.54) is 4.90 Å². The van der Waals surface area contributed by atoms with Gasteiger partial charge < -0.3 is 10.3 Å². The standard InChI is InChI=1S/C26H26N4O3/c1-3-14(2)30-23(31)21-20(12-15-13-27-18-10-6-4-8-16(15)18)29-26(22(21)24(30)32)17-9-5-7-11-19(17)28-25(26)33/h4-11,13-14,20-22,27,29H,3,12H2,1-2H3,(H,28,33)/t14-,20-,21-,22+,26-/m1/s1. The van der Waals surface area contributed by atoms with E-state index in [1.807, 2.05) is 68.6 Å². The van der Waals surface area contributed by atoms with E-state index in [0.29, 0.717) is 18.5 Å². The minimum Gasteiger partial charge on any atom is -0.361 e. The summed E-state index contributed by atoms with van der Waals surface area (Å²) < 4.78 is 0. The Balaban J connectivity index is 1.49. The van der Waals surface area contributed by atoms with E-state index in [-0.39, 0.29) is 29.8 Å². The number of fused-ring (bicyclic) bond motifs is 5. The molecule has 3 amide bonds. The average molecular weight is 443 g/mol. The molecule has 5 atom stereocenters. The Morgan fingerprint density at radius 3 is 2.61 bits per heavy atom. The molecule has 0 radical (unpaired) electrons. The number of carbonyl (C=O) groups is 3. The lowest BCUT2D eigenvalue weighted by molar-refractivity contribution is -0.145. The molecule has 0 unspecified atom stereocenters. The third kappa shape index (κ3) is 2.57. The van der Waals surface area contributed by atoms with Gasteiger partial charge in [0.1, 0.15) is 5.54 Å². The van der Waals surface area contributed by atoms with Crippen molar-refractivity contribution in [2.75, 3.05) is 5.32 Å². The molecule has 3 aliphatic rings. The van der Waals surface area contributed by atoms with E-state index in [4.69, 9.17) is 0 Å². The van der Waals surface area contributed by atoms with Gasteiger partial charge in [-0.3, -0.25) is 24.6 Å². The summed E-state index contributed by atoms with van der Waals surface area (Å²) in [7, 11) is 0. The molecule has 7 nitrogen and oxygen atoms in total. The van der Waals surface area contributed by atoms with Crippen LogP contribution in [-0.4, -0.2) is 39.7 Å². The van der Waals surface area contributed by atoms with E-state index in [0.717, 1.165) is 22.0 Å². The predicted molar refractivity (Wildman–Crippen MR) is 124 cm³/mol. The first-order valence-electron chi connectivity index (χ1n) is 11.6. The molecule has 4 heterocycles. The van der Waals surface area contributed by atoms with Crippen LogP contribution in [0.15, 0.2) is 54.7 Å². The largest absolute Gasteiger partial charge is 0.361 e. The lowest BCUT2D eigenvalue weighted by Crippen LogP contribution is -2.54. The van der Waals surface area contributed by atoms with Gasteiger partial charge in [0.2, 0.25) is 17.7 Å². The number of aromatic amines is 1. The molecule has 33 heavy (non-hydrogen) atoms. The van der Waals surface area contributed by atoms with Crippen molar-refractivity contribution in [3.63, 3.8) is 0 Å². The highest BCUT2D eigenvalue weighted by Gasteiger charge is 2.70. The number of imide groups is 1. The molecule has 168 valence electrons. The van der Waals surface area contributed by atoms with Crippen LogP contribution in [0.5, 0.6) is 0 Å². The third-order valence-electron chi connectivity index (χ3n) is 7.80. The Hall–Kier alpha value is -3.45. The highest BCUT2D eigenvalue weighted by Crippen LogP contribution is 2.53. The fourth-order valence-electron chi connectivity index (χ4n) is 6.11. The Morgan fingerprint density at radius 2 is 1.79 bits per heavy atom. The Labute approximate surface area is 191 Å². The van der Waals surface area contributed by atoms with E-state index < -0.39 is 17.4 Å². The van der Waals surface area contributed by atoms with Crippen LogP contribution in [0.1, 0.15) is 31.4 Å². The molecule has 0 saturated carbocycles. The number of amides is 3. The molecular formula is C26H26N4O3. The Morgan fingerprint density at radius 1 is 1.03 bits per heavy atom. The fourth-order valence-corrected chi connectivity index (χ4v) is 6.11. The lowest BCUT2D eigenvalue weighted by atomic mass is 9.76. The van der Waals surface area contributed by atoms with Gasteiger partial charge in [0.25, 0.3) is 0 Å². The van der Waals surface area contributed by atoms with Gasteiger partial charge in [-0.05, 0) is 37.5 Å². The highest BCUT2D eigenvalue weighted by atomic mass is 16.2. The van der Waals surface area contributed by atoms with E-state index in [9.17, 15) is 14.4 Å². The molecular weight excluding hydrogens is 416 g/mol. The summed E-state index contributed by atoms with van der Waals surface area (Å²) in [6.07, 6.45) is 3.17. The third-order valence-corrected chi connectivity index (χ3v) is 7.80. The summed E-state index contributed by atoms with van der Waals surface area (Å²) in [5.41, 5.74) is 2.29. The van der Waals surface area contributed by atoms with Gasteiger partial charge in [-0.2, -0.15) is 0 Å². The topological polar surface area (TPSA) is 94.3 Å². The van der Waals surface area contributed by atoms with Crippen LogP contribution < -0.4 is 10.6 Å². The van der Waals surface area contributed by atoms with Gasteiger partial charge in [0.15, 0.2) is 0 Å².